The maximum Gasteiger partial charge on any atom is 0.143 e. The van der Waals surface area contributed by atoms with Crippen molar-refractivity contribution in [3.63, 3.8) is 0 Å². The van der Waals surface area contributed by atoms with Gasteiger partial charge < -0.3 is 23.5 Å². The van der Waals surface area contributed by atoms with Crippen molar-refractivity contribution in [2.75, 3.05) is 26.2 Å². The summed E-state index contributed by atoms with van der Waals surface area (Å²) < 4.78 is 21.4. The predicted molar refractivity (Wildman–Crippen MR) is 201 cm³/mol. The van der Waals surface area contributed by atoms with Crippen LogP contribution >= 0.6 is 0 Å². The zero-order valence-electron chi connectivity index (χ0n) is 29.0. The van der Waals surface area contributed by atoms with E-state index in [0.29, 0.717) is 19.8 Å². The van der Waals surface area contributed by atoms with Gasteiger partial charge in [-0.25, -0.2) is 0 Å². The van der Waals surface area contributed by atoms with Crippen LogP contribution in [0.4, 0.5) is 0 Å². The van der Waals surface area contributed by atoms with Gasteiger partial charge in [-0.05, 0) is 104 Å². The molecule has 5 heteroatoms. The van der Waals surface area contributed by atoms with Crippen LogP contribution in [0.2, 0.25) is 0 Å². The molecule has 0 atom stereocenters. The lowest BCUT2D eigenvalue weighted by Crippen LogP contribution is -2.30. The smallest absolute Gasteiger partial charge is 0.143 e. The fourth-order valence-electron chi connectivity index (χ4n) is 7.44. The zero-order chi connectivity index (χ0) is 33.3. The quantitative estimate of drug-likeness (QED) is 0.0917. The number of piperidine rings is 1. The Bertz CT molecular complexity index is 1880. The molecule has 3 aromatic carbocycles. The Morgan fingerprint density at radius 3 is 2.04 bits per heavy atom. The maximum atomic E-state index is 6.47. The maximum absolute atomic E-state index is 6.47. The summed E-state index contributed by atoms with van der Waals surface area (Å²) in [7, 11) is 0. The summed E-state index contributed by atoms with van der Waals surface area (Å²) in [6.45, 7) is 8.56. The van der Waals surface area contributed by atoms with Crippen molar-refractivity contribution in [2.45, 2.75) is 78.1 Å². The van der Waals surface area contributed by atoms with Gasteiger partial charge in [-0.15, -0.1) is 0 Å². The first kappa shape index (κ1) is 33.2. The molecule has 3 aromatic heterocycles. The molecule has 0 saturated carbocycles. The second kappa shape index (κ2) is 16.4. The normalized spacial score (nSPS) is 13.8. The highest BCUT2D eigenvalue weighted by molar-refractivity contribution is 5.98. The van der Waals surface area contributed by atoms with Gasteiger partial charge in [-0.1, -0.05) is 99.0 Å². The summed E-state index contributed by atoms with van der Waals surface area (Å²) in [6.07, 6.45) is 10.00. The monoisotopic (exact) mass is 654 g/mol. The van der Waals surface area contributed by atoms with Crippen molar-refractivity contribution < 1.29 is 14.2 Å². The molecule has 4 heterocycles. The average Bonchev–Trinajstić information content (AvgIpc) is 3.70. The van der Waals surface area contributed by atoms with Crippen LogP contribution in [0.25, 0.3) is 27.7 Å². The highest BCUT2D eigenvalue weighted by Crippen LogP contribution is 2.42. The van der Waals surface area contributed by atoms with Crippen molar-refractivity contribution >= 4 is 16.6 Å². The van der Waals surface area contributed by atoms with Crippen molar-refractivity contribution in [3.8, 4) is 22.6 Å². The van der Waals surface area contributed by atoms with Gasteiger partial charge in [-0.3, -0.25) is 0 Å². The molecule has 254 valence electrons. The van der Waals surface area contributed by atoms with E-state index in [4.69, 9.17) is 14.2 Å². The summed E-state index contributed by atoms with van der Waals surface area (Å²) in [5.41, 5.74) is 10.9. The van der Waals surface area contributed by atoms with E-state index in [2.05, 4.69) is 95.1 Å². The number of hydrogen-bond acceptors (Lipinski definition) is 4. The number of ether oxygens (including phenoxy) is 3. The molecule has 0 aliphatic carbocycles. The van der Waals surface area contributed by atoms with E-state index in [-0.39, 0.29) is 0 Å². The lowest BCUT2D eigenvalue weighted by atomic mass is 9.98. The molecule has 1 saturated heterocycles. The Labute approximate surface area is 291 Å². The van der Waals surface area contributed by atoms with Gasteiger partial charge in [0.05, 0.1) is 23.2 Å². The SMILES string of the molecule is CCc1c(-c2ccc(OCc3ccccc3)cc2)c2c(COCCCCCCN3CCCCC3)cc3c(OCc4ccccc4)ccc1n32. The molecule has 49 heavy (non-hydrogen) atoms. The molecule has 0 spiro atoms. The highest BCUT2D eigenvalue weighted by Gasteiger charge is 2.24. The van der Waals surface area contributed by atoms with Crippen LogP contribution < -0.4 is 9.47 Å². The third kappa shape index (κ3) is 7.95. The summed E-state index contributed by atoms with van der Waals surface area (Å²) >= 11 is 0. The summed E-state index contributed by atoms with van der Waals surface area (Å²) in [5.74, 6) is 1.77. The number of aromatic nitrogens is 1. The number of aryl methyl sites for hydroxylation is 1. The van der Waals surface area contributed by atoms with Gasteiger partial charge in [0.15, 0.2) is 0 Å². The molecule has 1 aliphatic heterocycles. The lowest BCUT2D eigenvalue weighted by molar-refractivity contribution is 0.117. The fourth-order valence-corrected chi connectivity index (χ4v) is 7.44. The van der Waals surface area contributed by atoms with Gasteiger partial charge in [0.2, 0.25) is 0 Å². The first-order valence-electron chi connectivity index (χ1n) is 18.4. The van der Waals surface area contributed by atoms with E-state index in [1.54, 1.807) is 0 Å². The molecule has 7 rings (SSSR count). The predicted octanol–water partition coefficient (Wildman–Crippen LogP) is 10.5. The Hall–Kier alpha value is -4.32. The topological polar surface area (TPSA) is 35.3 Å². The van der Waals surface area contributed by atoms with Crippen LogP contribution in [0.5, 0.6) is 11.5 Å². The summed E-state index contributed by atoms with van der Waals surface area (Å²) in [4.78, 5) is 2.65. The van der Waals surface area contributed by atoms with E-state index in [0.717, 1.165) is 47.6 Å². The number of benzene rings is 3. The highest BCUT2D eigenvalue weighted by atomic mass is 16.5. The average molecular weight is 655 g/mol. The molecule has 0 amide bonds. The number of unbranched alkanes of at least 4 members (excludes halogenated alkanes) is 3. The van der Waals surface area contributed by atoms with Crippen LogP contribution in [-0.4, -0.2) is 35.5 Å². The van der Waals surface area contributed by atoms with Crippen LogP contribution in [0.15, 0.2) is 103 Å². The number of pyridine rings is 1. The fraction of sp³-hybridized carbons (Fsp3) is 0.364. The number of nitrogens with zero attached hydrogens (tertiary/aromatic N) is 2. The van der Waals surface area contributed by atoms with Crippen molar-refractivity contribution in [1.29, 1.82) is 0 Å². The minimum absolute atomic E-state index is 0.533. The number of rotatable bonds is 17. The third-order valence-electron chi connectivity index (χ3n) is 10.0. The Kier molecular flexibility index (Phi) is 11.1. The van der Waals surface area contributed by atoms with Gasteiger partial charge >= 0.3 is 0 Å². The van der Waals surface area contributed by atoms with Crippen molar-refractivity contribution in [3.05, 3.63) is 125 Å². The zero-order valence-corrected chi connectivity index (χ0v) is 29.0. The molecular formula is C44H50N2O3. The first-order valence-corrected chi connectivity index (χ1v) is 18.4. The molecule has 5 nitrogen and oxygen atoms in total. The van der Waals surface area contributed by atoms with Gasteiger partial charge in [0.25, 0.3) is 0 Å². The van der Waals surface area contributed by atoms with Crippen LogP contribution in [0, 0.1) is 0 Å². The largest absolute Gasteiger partial charge is 0.489 e. The van der Waals surface area contributed by atoms with Crippen molar-refractivity contribution in [1.82, 2.24) is 9.30 Å². The van der Waals surface area contributed by atoms with Gasteiger partial charge in [0.1, 0.15) is 24.7 Å². The van der Waals surface area contributed by atoms with E-state index >= 15 is 0 Å². The Balaban J connectivity index is 1.10. The van der Waals surface area contributed by atoms with Crippen molar-refractivity contribution in [2.24, 2.45) is 0 Å². The lowest BCUT2D eigenvalue weighted by Gasteiger charge is -2.26. The third-order valence-corrected chi connectivity index (χ3v) is 10.0. The first-order chi connectivity index (χ1) is 24.3. The van der Waals surface area contributed by atoms with Gasteiger partial charge in [0, 0.05) is 17.7 Å². The molecule has 1 fully saturated rings. The Morgan fingerprint density at radius 1 is 0.633 bits per heavy atom. The minimum atomic E-state index is 0.533. The van der Waals surface area contributed by atoms with E-state index in [9.17, 15) is 0 Å². The summed E-state index contributed by atoms with van der Waals surface area (Å²) in [5, 5.41) is 0. The van der Waals surface area contributed by atoms with E-state index < -0.39 is 0 Å². The second-order valence-electron chi connectivity index (χ2n) is 13.5. The molecule has 1 aliphatic rings. The number of hydrogen-bond donors (Lipinski definition) is 0. The molecular weight excluding hydrogens is 604 g/mol. The summed E-state index contributed by atoms with van der Waals surface area (Å²) in [6, 6.07) is 36.0. The van der Waals surface area contributed by atoms with E-state index in [1.807, 2.05) is 24.3 Å². The van der Waals surface area contributed by atoms with Crippen LogP contribution in [-0.2, 0) is 31.0 Å². The standard InChI is InChI=1S/C44H50N2O3/c1-2-39-40-24-25-42(49-32-35-18-10-6-11-19-35)41-30-37(33-47-29-15-4-3-12-26-45-27-13-7-14-28-45)44(46(40)41)43(39)36-20-22-38(23-21-36)48-31-34-16-8-5-9-17-34/h5-6,8-11,16-25,30H,2-4,7,12-15,26-29,31-33H2,1H3. The molecule has 0 bridgehead atoms. The Morgan fingerprint density at radius 2 is 1.33 bits per heavy atom. The molecule has 0 unspecified atom stereocenters. The minimum Gasteiger partial charge on any atom is -0.489 e. The van der Waals surface area contributed by atoms with Crippen LogP contribution in [0.1, 0.15) is 74.1 Å². The second-order valence-corrected chi connectivity index (χ2v) is 13.5. The molecule has 0 radical (unpaired) electrons. The van der Waals surface area contributed by atoms with Crippen LogP contribution in [0.3, 0.4) is 0 Å². The van der Waals surface area contributed by atoms with Gasteiger partial charge in [-0.2, -0.15) is 0 Å². The van der Waals surface area contributed by atoms with E-state index in [1.165, 1.54) is 91.4 Å². The molecule has 6 aromatic rings. The number of likely N-dealkylation sites (tertiary alicyclic amines) is 1. The molecule has 0 N–H and O–H groups in total.